The lowest BCUT2D eigenvalue weighted by Gasteiger charge is -2.38. The molecule has 1 atom stereocenters. The molecule has 0 aliphatic heterocycles. The average Bonchev–Trinajstić information content (AvgIpc) is 2.33. The Kier molecular flexibility index (Phi) is 6.02. The summed E-state index contributed by atoms with van der Waals surface area (Å²) < 4.78 is 2.57. The van der Waals surface area contributed by atoms with Gasteiger partial charge in [0.1, 0.15) is 13.8 Å². The van der Waals surface area contributed by atoms with E-state index in [4.69, 9.17) is 0 Å². The molecule has 1 aliphatic rings. The summed E-state index contributed by atoms with van der Waals surface area (Å²) in [5.74, 6) is 0. The van der Waals surface area contributed by atoms with Crippen LogP contribution < -0.4 is 0 Å². The molecule has 0 aromatic heterocycles. The third kappa shape index (κ3) is 4.90. The Morgan fingerprint density at radius 1 is 1.42 bits per heavy atom. The second kappa shape index (κ2) is 6.87. The first-order valence-corrected chi connectivity index (χ1v) is 11.1. The van der Waals surface area contributed by atoms with Crippen molar-refractivity contribution in [2.24, 2.45) is 0 Å². The number of rotatable bonds is 7. The van der Waals surface area contributed by atoms with Crippen LogP contribution in [0.25, 0.3) is 0 Å². The van der Waals surface area contributed by atoms with Gasteiger partial charge in [0.15, 0.2) is 0 Å². The van der Waals surface area contributed by atoms with E-state index in [1.165, 1.54) is 12.8 Å². The van der Waals surface area contributed by atoms with Crippen LogP contribution in [0.3, 0.4) is 0 Å². The fourth-order valence-corrected chi connectivity index (χ4v) is 4.01. The standard InChI is InChI=1S/C16H31NOSi/c1-6-7-13-17(19(3,4)5)14-15(2)16(18)11-9-8-10-12-16/h9,11,18H,2,6-8,10,12-14H2,1,3-5H3. The van der Waals surface area contributed by atoms with Crippen LogP contribution in [-0.2, 0) is 0 Å². The summed E-state index contributed by atoms with van der Waals surface area (Å²) in [4.78, 5) is 0. The average molecular weight is 282 g/mol. The number of hydrogen-bond acceptors (Lipinski definition) is 2. The molecule has 0 amide bonds. The Bertz CT molecular complexity index is 332. The van der Waals surface area contributed by atoms with Gasteiger partial charge in [0, 0.05) is 6.54 Å². The van der Waals surface area contributed by atoms with Gasteiger partial charge in [-0.3, -0.25) is 0 Å². The molecular weight excluding hydrogens is 250 g/mol. The van der Waals surface area contributed by atoms with E-state index < -0.39 is 13.8 Å². The first-order chi connectivity index (χ1) is 8.79. The lowest BCUT2D eigenvalue weighted by Crippen LogP contribution is -2.49. The Balaban J connectivity index is 2.70. The van der Waals surface area contributed by atoms with Crippen molar-refractivity contribution < 1.29 is 5.11 Å². The number of aliphatic hydroxyl groups is 1. The summed E-state index contributed by atoms with van der Waals surface area (Å²) in [7, 11) is -1.35. The van der Waals surface area contributed by atoms with E-state index >= 15 is 0 Å². The van der Waals surface area contributed by atoms with Crippen LogP contribution in [0.4, 0.5) is 0 Å². The molecule has 0 heterocycles. The Morgan fingerprint density at radius 2 is 2.11 bits per heavy atom. The number of hydrogen-bond donors (Lipinski definition) is 1. The van der Waals surface area contributed by atoms with E-state index in [2.05, 4.69) is 43.8 Å². The molecule has 110 valence electrons. The van der Waals surface area contributed by atoms with Crippen molar-refractivity contribution in [3.63, 3.8) is 0 Å². The van der Waals surface area contributed by atoms with Crippen molar-refractivity contribution in [1.29, 1.82) is 0 Å². The van der Waals surface area contributed by atoms with Gasteiger partial charge < -0.3 is 9.67 Å². The number of nitrogens with zero attached hydrogens (tertiary/aromatic N) is 1. The van der Waals surface area contributed by atoms with Crippen LogP contribution in [0.15, 0.2) is 24.3 Å². The van der Waals surface area contributed by atoms with E-state index in [0.717, 1.165) is 37.9 Å². The van der Waals surface area contributed by atoms with E-state index in [1.807, 2.05) is 6.08 Å². The fourth-order valence-electron chi connectivity index (χ4n) is 2.51. The van der Waals surface area contributed by atoms with E-state index in [9.17, 15) is 5.11 Å². The predicted molar refractivity (Wildman–Crippen MR) is 86.9 cm³/mol. The Hall–Kier alpha value is -0.383. The predicted octanol–water partition coefficient (Wildman–Crippen LogP) is 3.95. The molecule has 0 fully saturated rings. The molecule has 1 unspecified atom stereocenters. The highest BCUT2D eigenvalue weighted by molar-refractivity contribution is 6.73. The molecule has 0 saturated carbocycles. The van der Waals surface area contributed by atoms with Crippen molar-refractivity contribution >= 4 is 8.24 Å². The van der Waals surface area contributed by atoms with Crippen molar-refractivity contribution in [2.75, 3.05) is 13.1 Å². The van der Waals surface area contributed by atoms with Gasteiger partial charge in [0.05, 0.1) is 0 Å². The third-order valence-corrected chi connectivity index (χ3v) is 6.33. The zero-order chi connectivity index (χ0) is 14.5. The van der Waals surface area contributed by atoms with Gasteiger partial charge >= 0.3 is 0 Å². The molecular formula is C16H31NOSi. The van der Waals surface area contributed by atoms with Gasteiger partial charge in [0.25, 0.3) is 0 Å². The molecule has 19 heavy (non-hydrogen) atoms. The summed E-state index contributed by atoms with van der Waals surface area (Å²) in [5, 5.41) is 10.7. The maximum atomic E-state index is 10.7. The first kappa shape index (κ1) is 16.7. The summed E-state index contributed by atoms with van der Waals surface area (Å²) in [6, 6.07) is 0. The summed E-state index contributed by atoms with van der Waals surface area (Å²) in [5.41, 5.74) is 0.213. The maximum Gasteiger partial charge on any atom is 0.119 e. The van der Waals surface area contributed by atoms with Gasteiger partial charge in [-0.2, -0.15) is 0 Å². The van der Waals surface area contributed by atoms with Crippen LogP contribution in [0.2, 0.25) is 19.6 Å². The topological polar surface area (TPSA) is 23.5 Å². The Morgan fingerprint density at radius 3 is 2.58 bits per heavy atom. The highest BCUT2D eigenvalue weighted by Gasteiger charge is 2.32. The number of unbranched alkanes of at least 4 members (excludes halogenated alkanes) is 1. The maximum absolute atomic E-state index is 10.7. The summed E-state index contributed by atoms with van der Waals surface area (Å²) in [6.45, 7) is 15.5. The normalized spacial score (nSPS) is 23.9. The molecule has 1 rings (SSSR count). The quantitative estimate of drug-likeness (QED) is 0.564. The van der Waals surface area contributed by atoms with Crippen LogP contribution >= 0.6 is 0 Å². The number of allylic oxidation sites excluding steroid dienone is 1. The van der Waals surface area contributed by atoms with Gasteiger partial charge in [-0.15, -0.1) is 0 Å². The van der Waals surface area contributed by atoms with E-state index in [0.29, 0.717) is 0 Å². The van der Waals surface area contributed by atoms with Gasteiger partial charge in [0.2, 0.25) is 0 Å². The van der Waals surface area contributed by atoms with Crippen molar-refractivity contribution in [3.8, 4) is 0 Å². The molecule has 1 aliphatic carbocycles. The Labute approximate surface area is 120 Å². The zero-order valence-corrected chi connectivity index (χ0v) is 14.2. The minimum Gasteiger partial charge on any atom is -0.381 e. The lowest BCUT2D eigenvalue weighted by atomic mass is 9.85. The van der Waals surface area contributed by atoms with Gasteiger partial charge in [-0.05, 0) is 37.8 Å². The highest BCUT2D eigenvalue weighted by Crippen LogP contribution is 2.29. The highest BCUT2D eigenvalue weighted by atomic mass is 28.3. The fraction of sp³-hybridized carbons (Fsp3) is 0.750. The molecule has 0 spiro atoms. The van der Waals surface area contributed by atoms with Crippen molar-refractivity contribution in [3.05, 3.63) is 24.3 Å². The van der Waals surface area contributed by atoms with Crippen LogP contribution in [-0.4, -0.2) is 36.6 Å². The summed E-state index contributed by atoms with van der Waals surface area (Å²) in [6.07, 6.45) is 9.48. The molecule has 0 saturated heterocycles. The minimum absolute atomic E-state index is 0.762. The van der Waals surface area contributed by atoms with E-state index in [-0.39, 0.29) is 0 Å². The SMILES string of the molecule is C=C(CN(CCCC)[Si](C)(C)C)C1(O)C=CCCC1. The van der Waals surface area contributed by atoms with Crippen LogP contribution in [0.1, 0.15) is 39.0 Å². The minimum atomic E-state index is -1.35. The van der Waals surface area contributed by atoms with Crippen molar-refractivity contribution in [2.45, 2.75) is 64.3 Å². The van der Waals surface area contributed by atoms with E-state index in [1.54, 1.807) is 0 Å². The molecule has 0 bridgehead atoms. The third-order valence-electron chi connectivity index (χ3n) is 4.05. The second-order valence-electron chi connectivity index (χ2n) is 6.77. The largest absolute Gasteiger partial charge is 0.381 e. The van der Waals surface area contributed by atoms with Crippen LogP contribution in [0.5, 0.6) is 0 Å². The van der Waals surface area contributed by atoms with Gasteiger partial charge in [-0.25, -0.2) is 0 Å². The summed E-state index contributed by atoms with van der Waals surface area (Å²) >= 11 is 0. The second-order valence-corrected chi connectivity index (χ2v) is 11.7. The smallest absolute Gasteiger partial charge is 0.119 e. The monoisotopic (exact) mass is 281 g/mol. The van der Waals surface area contributed by atoms with Crippen LogP contribution in [0, 0.1) is 0 Å². The molecule has 0 aromatic rings. The molecule has 3 heteroatoms. The molecule has 2 nitrogen and oxygen atoms in total. The lowest BCUT2D eigenvalue weighted by molar-refractivity contribution is 0.106. The molecule has 0 radical (unpaired) electrons. The van der Waals surface area contributed by atoms with Gasteiger partial charge in [-0.1, -0.05) is 51.7 Å². The molecule has 0 aromatic carbocycles. The first-order valence-electron chi connectivity index (χ1n) is 7.63. The zero-order valence-electron chi connectivity index (χ0n) is 13.2. The van der Waals surface area contributed by atoms with Crippen molar-refractivity contribution in [1.82, 2.24) is 4.57 Å². The molecule has 1 N–H and O–H groups in total.